The van der Waals surface area contributed by atoms with Crippen LogP contribution in [0, 0.1) is 5.92 Å². The van der Waals surface area contributed by atoms with Gasteiger partial charge in [-0.1, -0.05) is 32.1 Å². The second-order valence-corrected chi connectivity index (χ2v) is 5.85. The fourth-order valence-corrected chi connectivity index (χ4v) is 3.14. The van der Waals surface area contributed by atoms with Crippen molar-refractivity contribution in [1.29, 1.82) is 0 Å². The van der Waals surface area contributed by atoms with Crippen molar-refractivity contribution in [3.63, 3.8) is 0 Å². The maximum atomic E-state index is 5.63. The first-order valence-electron chi connectivity index (χ1n) is 6.72. The molecule has 1 saturated carbocycles. The number of nitrogens with one attached hydrogen (secondary N) is 1. The van der Waals surface area contributed by atoms with Crippen molar-refractivity contribution >= 4 is 15.9 Å². The van der Waals surface area contributed by atoms with Crippen molar-refractivity contribution in [1.82, 2.24) is 5.32 Å². The highest BCUT2D eigenvalue weighted by Gasteiger charge is 2.18. The molecule has 1 aliphatic carbocycles. The van der Waals surface area contributed by atoms with Crippen LogP contribution >= 0.6 is 15.9 Å². The summed E-state index contributed by atoms with van der Waals surface area (Å²) in [6.45, 7) is 0. The molecule has 1 unspecified atom stereocenters. The maximum absolute atomic E-state index is 5.63. The van der Waals surface area contributed by atoms with Gasteiger partial charge in [-0.3, -0.25) is 0 Å². The summed E-state index contributed by atoms with van der Waals surface area (Å²) in [5, 5.41) is 3.36. The third-order valence-electron chi connectivity index (χ3n) is 3.87. The monoisotopic (exact) mass is 299 g/mol. The molecule has 0 radical (unpaired) electrons. The van der Waals surface area contributed by atoms with Gasteiger partial charge >= 0.3 is 0 Å². The minimum absolute atomic E-state index is 0.364. The first-order valence-corrected chi connectivity index (χ1v) is 7.51. The van der Waals surface area contributed by atoms with E-state index in [4.69, 9.17) is 4.42 Å². The van der Waals surface area contributed by atoms with E-state index in [0.29, 0.717) is 6.04 Å². The fourth-order valence-electron chi connectivity index (χ4n) is 2.82. The van der Waals surface area contributed by atoms with Crippen LogP contribution in [0.2, 0.25) is 0 Å². The van der Waals surface area contributed by atoms with Crippen molar-refractivity contribution in [2.45, 2.75) is 51.0 Å². The van der Waals surface area contributed by atoms with Crippen molar-refractivity contribution in [3.05, 3.63) is 22.6 Å². The van der Waals surface area contributed by atoms with Gasteiger partial charge in [0.2, 0.25) is 0 Å². The number of halogens is 1. The Kier molecular flexibility index (Phi) is 5.11. The highest BCUT2D eigenvalue weighted by molar-refractivity contribution is 9.10. The number of rotatable bonds is 5. The van der Waals surface area contributed by atoms with Crippen LogP contribution in [0.5, 0.6) is 0 Å². The van der Waals surface area contributed by atoms with E-state index in [2.05, 4.69) is 27.3 Å². The summed E-state index contributed by atoms with van der Waals surface area (Å²) >= 11 is 3.36. The quantitative estimate of drug-likeness (QED) is 0.855. The van der Waals surface area contributed by atoms with Crippen LogP contribution in [0.15, 0.2) is 21.2 Å². The van der Waals surface area contributed by atoms with E-state index in [9.17, 15) is 0 Å². The molecule has 1 N–H and O–H groups in total. The van der Waals surface area contributed by atoms with Gasteiger partial charge in [-0.05, 0) is 53.9 Å². The van der Waals surface area contributed by atoms with Gasteiger partial charge in [0, 0.05) is 0 Å². The lowest BCUT2D eigenvalue weighted by atomic mass is 9.85. The molecule has 96 valence electrons. The van der Waals surface area contributed by atoms with Crippen LogP contribution in [0.3, 0.4) is 0 Å². The SMILES string of the molecule is CNC(CCC1CCCCC1)c1ccc(Br)o1. The van der Waals surface area contributed by atoms with Gasteiger partial charge in [-0.15, -0.1) is 0 Å². The zero-order chi connectivity index (χ0) is 12.1. The summed E-state index contributed by atoms with van der Waals surface area (Å²) in [5.74, 6) is 1.99. The maximum Gasteiger partial charge on any atom is 0.169 e. The molecule has 0 saturated heterocycles. The Morgan fingerprint density at radius 3 is 2.71 bits per heavy atom. The first kappa shape index (κ1) is 13.2. The van der Waals surface area contributed by atoms with Crippen LogP contribution in [-0.2, 0) is 0 Å². The molecular weight excluding hydrogens is 278 g/mol. The molecule has 17 heavy (non-hydrogen) atoms. The molecule has 2 rings (SSSR count). The van der Waals surface area contributed by atoms with Gasteiger partial charge < -0.3 is 9.73 Å². The van der Waals surface area contributed by atoms with Crippen LogP contribution in [-0.4, -0.2) is 7.05 Å². The van der Waals surface area contributed by atoms with E-state index in [1.165, 1.54) is 44.9 Å². The topological polar surface area (TPSA) is 25.2 Å². The molecule has 3 heteroatoms. The van der Waals surface area contributed by atoms with E-state index < -0.39 is 0 Å². The third-order valence-corrected chi connectivity index (χ3v) is 4.30. The summed E-state index contributed by atoms with van der Waals surface area (Å²) < 4.78 is 6.46. The van der Waals surface area contributed by atoms with Crippen LogP contribution in [0.1, 0.15) is 56.7 Å². The Bertz CT molecular complexity index is 331. The molecule has 1 fully saturated rings. The summed E-state index contributed by atoms with van der Waals surface area (Å²) in [7, 11) is 2.02. The van der Waals surface area contributed by atoms with E-state index in [1.54, 1.807) is 0 Å². The molecule has 1 heterocycles. The van der Waals surface area contributed by atoms with Crippen molar-refractivity contribution in [2.24, 2.45) is 5.92 Å². The van der Waals surface area contributed by atoms with Gasteiger partial charge in [0.1, 0.15) is 5.76 Å². The fraction of sp³-hybridized carbons (Fsp3) is 0.714. The third kappa shape index (κ3) is 3.85. The predicted molar refractivity (Wildman–Crippen MR) is 74.0 cm³/mol. The highest BCUT2D eigenvalue weighted by atomic mass is 79.9. The molecular formula is C14H22BrNO. The molecule has 1 aliphatic rings. The lowest BCUT2D eigenvalue weighted by Gasteiger charge is -2.23. The van der Waals surface area contributed by atoms with E-state index in [-0.39, 0.29) is 0 Å². The molecule has 1 aromatic heterocycles. The Hall–Kier alpha value is -0.280. The molecule has 0 aliphatic heterocycles. The van der Waals surface area contributed by atoms with Crippen LogP contribution < -0.4 is 5.32 Å². The molecule has 0 bridgehead atoms. The van der Waals surface area contributed by atoms with Gasteiger partial charge in [0.25, 0.3) is 0 Å². The highest BCUT2D eigenvalue weighted by Crippen LogP contribution is 2.31. The van der Waals surface area contributed by atoms with E-state index in [1.807, 2.05) is 13.1 Å². The second kappa shape index (κ2) is 6.60. The Morgan fingerprint density at radius 1 is 1.35 bits per heavy atom. The smallest absolute Gasteiger partial charge is 0.169 e. The van der Waals surface area contributed by atoms with Crippen molar-refractivity contribution in [2.75, 3.05) is 7.05 Å². The van der Waals surface area contributed by atoms with Crippen LogP contribution in [0.25, 0.3) is 0 Å². The molecule has 0 amide bonds. The van der Waals surface area contributed by atoms with E-state index >= 15 is 0 Å². The van der Waals surface area contributed by atoms with Gasteiger partial charge in [0.05, 0.1) is 6.04 Å². The van der Waals surface area contributed by atoms with Gasteiger partial charge in [-0.25, -0.2) is 0 Å². The Morgan fingerprint density at radius 2 is 2.12 bits per heavy atom. The largest absolute Gasteiger partial charge is 0.453 e. The second-order valence-electron chi connectivity index (χ2n) is 5.06. The zero-order valence-electron chi connectivity index (χ0n) is 10.5. The lowest BCUT2D eigenvalue weighted by Crippen LogP contribution is -2.17. The van der Waals surface area contributed by atoms with Crippen molar-refractivity contribution in [3.8, 4) is 0 Å². The molecule has 1 aromatic rings. The minimum Gasteiger partial charge on any atom is -0.453 e. The number of furan rings is 1. The summed E-state index contributed by atoms with van der Waals surface area (Å²) in [6, 6.07) is 4.40. The summed E-state index contributed by atoms with van der Waals surface area (Å²) in [5.41, 5.74) is 0. The van der Waals surface area contributed by atoms with Crippen molar-refractivity contribution < 1.29 is 4.42 Å². The molecule has 0 spiro atoms. The lowest BCUT2D eigenvalue weighted by molar-refractivity contribution is 0.305. The molecule has 1 atom stereocenters. The Labute approximate surface area is 112 Å². The summed E-state index contributed by atoms with van der Waals surface area (Å²) in [4.78, 5) is 0. The van der Waals surface area contributed by atoms with Gasteiger partial charge in [-0.2, -0.15) is 0 Å². The van der Waals surface area contributed by atoms with E-state index in [0.717, 1.165) is 16.3 Å². The summed E-state index contributed by atoms with van der Waals surface area (Å²) in [6.07, 6.45) is 9.67. The van der Waals surface area contributed by atoms with Crippen LogP contribution in [0.4, 0.5) is 0 Å². The van der Waals surface area contributed by atoms with Gasteiger partial charge in [0.15, 0.2) is 4.67 Å². The standard InChI is InChI=1S/C14H22BrNO/c1-16-12(13-9-10-14(15)17-13)8-7-11-5-3-2-4-6-11/h9-12,16H,2-8H2,1H3. The molecule has 2 nitrogen and oxygen atoms in total. The molecule has 0 aromatic carbocycles. The average Bonchev–Trinajstić information content (AvgIpc) is 2.78. The Balaban J connectivity index is 1.82. The minimum atomic E-state index is 0.364. The average molecular weight is 300 g/mol. The zero-order valence-corrected chi connectivity index (χ0v) is 12.1. The number of hydrogen-bond acceptors (Lipinski definition) is 2. The normalized spacial score (nSPS) is 19.4. The predicted octanol–water partition coefficient (Wildman–Crippen LogP) is 4.66. The first-order chi connectivity index (χ1) is 8.29. The number of hydrogen-bond donors (Lipinski definition) is 1.